The van der Waals surface area contributed by atoms with Crippen LogP contribution in [0.25, 0.3) is 16.0 Å². The highest BCUT2D eigenvalue weighted by molar-refractivity contribution is 7.13. The molecule has 1 aromatic carbocycles. The van der Waals surface area contributed by atoms with E-state index in [4.69, 9.17) is 4.74 Å². The number of aromatic nitrogens is 3. The highest BCUT2D eigenvalue weighted by Gasteiger charge is 2.36. The summed E-state index contributed by atoms with van der Waals surface area (Å²) in [4.78, 5) is 24.4. The smallest absolute Gasteiger partial charge is 0.445 e. The molecule has 0 saturated carbocycles. The zero-order chi connectivity index (χ0) is 19.9. The lowest BCUT2D eigenvalue weighted by atomic mass is 10.1. The summed E-state index contributed by atoms with van der Waals surface area (Å²) in [7, 11) is 0. The van der Waals surface area contributed by atoms with Gasteiger partial charge in [-0.1, -0.05) is 11.3 Å². The topological polar surface area (TPSA) is 74.1 Å². The predicted octanol–water partition coefficient (Wildman–Crippen LogP) is 3.32. The number of hydrogen-bond acceptors (Lipinski definition) is 6. The van der Waals surface area contributed by atoms with Gasteiger partial charge in [0.15, 0.2) is 11.6 Å². The molecule has 2 heterocycles. The van der Waals surface area contributed by atoms with E-state index in [1.54, 1.807) is 0 Å². The zero-order valence-corrected chi connectivity index (χ0v) is 14.1. The number of fused-ring (bicyclic) bond motifs is 1. The number of nitrogens with zero attached hydrogens (tertiary/aromatic N) is 3. The Morgan fingerprint density at radius 1 is 1.22 bits per heavy atom. The third-order valence-corrected chi connectivity index (χ3v) is 4.37. The third-order valence-electron chi connectivity index (χ3n) is 3.40. The second-order valence-corrected chi connectivity index (χ2v) is 6.09. The molecule has 0 N–H and O–H groups in total. The summed E-state index contributed by atoms with van der Waals surface area (Å²) < 4.78 is 71.2. The van der Waals surface area contributed by atoms with Crippen LogP contribution < -0.4 is 5.43 Å². The molecule has 0 bridgehead atoms. The van der Waals surface area contributed by atoms with Crippen LogP contribution in [0.1, 0.15) is 22.3 Å². The van der Waals surface area contributed by atoms with E-state index in [0.717, 1.165) is 10.8 Å². The van der Waals surface area contributed by atoms with Crippen LogP contribution in [0.5, 0.6) is 0 Å². The van der Waals surface area contributed by atoms with Gasteiger partial charge in [0.2, 0.25) is 15.6 Å². The van der Waals surface area contributed by atoms with Crippen molar-refractivity contribution in [3.05, 3.63) is 50.8 Å². The van der Waals surface area contributed by atoms with Gasteiger partial charge in [0.1, 0.15) is 5.56 Å². The molecular weight excluding hydrogens is 397 g/mol. The lowest BCUT2D eigenvalue weighted by Crippen LogP contribution is -2.21. The number of benzene rings is 1. The lowest BCUT2D eigenvalue weighted by Gasteiger charge is -2.10. The number of rotatable bonds is 3. The standard InChI is InChI=1S/C15H8F5N3O3S/c1-2-26-12(25)7-5-23(14-22-21-13(27-14)15(18,19)20)10-4-9(17)8(16)3-6(10)11(7)24/h3-5H,2H2,1H3. The predicted molar refractivity (Wildman–Crippen MR) is 83.9 cm³/mol. The van der Waals surface area contributed by atoms with Crippen LogP contribution >= 0.6 is 11.3 Å². The molecule has 142 valence electrons. The van der Waals surface area contributed by atoms with Crippen molar-refractivity contribution < 1.29 is 31.5 Å². The fourth-order valence-corrected chi connectivity index (χ4v) is 2.96. The van der Waals surface area contributed by atoms with Gasteiger partial charge in [-0.2, -0.15) is 13.2 Å². The van der Waals surface area contributed by atoms with E-state index in [-0.39, 0.29) is 23.5 Å². The van der Waals surface area contributed by atoms with Crippen molar-refractivity contribution in [3.8, 4) is 5.13 Å². The van der Waals surface area contributed by atoms with Crippen molar-refractivity contribution in [2.24, 2.45) is 0 Å². The molecule has 2 aromatic heterocycles. The highest BCUT2D eigenvalue weighted by atomic mass is 32.1. The summed E-state index contributed by atoms with van der Waals surface area (Å²) in [5.41, 5.74) is -1.81. The first-order chi connectivity index (χ1) is 12.6. The fourth-order valence-electron chi connectivity index (χ4n) is 2.26. The molecule has 12 heteroatoms. The second-order valence-electron chi connectivity index (χ2n) is 5.13. The number of carbonyl (C=O) groups excluding carboxylic acids is 1. The fraction of sp³-hybridized carbons (Fsp3) is 0.200. The number of halogens is 5. The Kier molecular flexibility index (Phi) is 4.68. The van der Waals surface area contributed by atoms with Crippen LogP contribution in [0.3, 0.4) is 0 Å². The maximum atomic E-state index is 13.7. The summed E-state index contributed by atoms with van der Waals surface area (Å²) in [5.74, 6) is -3.76. The normalized spacial score (nSPS) is 11.8. The van der Waals surface area contributed by atoms with E-state index in [0.29, 0.717) is 12.1 Å². The van der Waals surface area contributed by atoms with E-state index in [2.05, 4.69) is 10.2 Å². The van der Waals surface area contributed by atoms with Gasteiger partial charge in [0.25, 0.3) is 0 Å². The van der Waals surface area contributed by atoms with Crippen LogP contribution in [0.15, 0.2) is 23.1 Å². The summed E-state index contributed by atoms with van der Waals surface area (Å²) in [6.07, 6.45) is -3.91. The van der Waals surface area contributed by atoms with Crippen LogP contribution in [0.4, 0.5) is 22.0 Å². The Bertz CT molecular complexity index is 1110. The molecule has 0 aliphatic rings. The number of carbonyl (C=O) groups is 1. The van der Waals surface area contributed by atoms with E-state index >= 15 is 0 Å². The van der Waals surface area contributed by atoms with Gasteiger partial charge >= 0.3 is 12.1 Å². The van der Waals surface area contributed by atoms with Crippen molar-refractivity contribution in [2.45, 2.75) is 13.1 Å². The zero-order valence-electron chi connectivity index (χ0n) is 13.3. The number of pyridine rings is 1. The molecule has 0 aliphatic carbocycles. The maximum absolute atomic E-state index is 13.7. The lowest BCUT2D eigenvalue weighted by molar-refractivity contribution is -0.138. The molecule has 0 spiro atoms. The average molecular weight is 405 g/mol. The van der Waals surface area contributed by atoms with Crippen LogP contribution in [-0.2, 0) is 10.9 Å². The van der Waals surface area contributed by atoms with Crippen molar-refractivity contribution in [1.82, 2.24) is 14.8 Å². The first-order valence-electron chi connectivity index (χ1n) is 7.26. The molecule has 0 saturated heterocycles. The highest BCUT2D eigenvalue weighted by Crippen LogP contribution is 2.33. The van der Waals surface area contributed by atoms with Gasteiger partial charge < -0.3 is 4.74 Å². The van der Waals surface area contributed by atoms with Crippen molar-refractivity contribution in [1.29, 1.82) is 0 Å². The Labute approximate surface area is 150 Å². The number of hydrogen-bond donors (Lipinski definition) is 0. The third kappa shape index (κ3) is 3.39. The molecule has 0 fully saturated rings. The molecule has 27 heavy (non-hydrogen) atoms. The van der Waals surface area contributed by atoms with Crippen LogP contribution in [-0.4, -0.2) is 27.3 Å². The van der Waals surface area contributed by atoms with Crippen molar-refractivity contribution >= 4 is 28.2 Å². The van der Waals surface area contributed by atoms with Gasteiger partial charge in [-0.05, 0) is 13.0 Å². The summed E-state index contributed by atoms with van der Waals surface area (Å²) in [6, 6.07) is 1.17. The van der Waals surface area contributed by atoms with Crippen LogP contribution in [0, 0.1) is 11.6 Å². The minimum Gasteiger partial charge on any atom is -0.462 e. The van der Waals surface area contributed by atoms with Crippen LogP contribution in [0.2, 0.25) is 0 Å². The molecule has 0 aliphatic heterocycles. The molecule has 0 radical (unpaired) electrons. The maximum Gasteiger partial charge on any atom is 0.445 e. The van der Waals surface area contributed by atoms with E-state index in [9.17, 15) is 31.5 Å². The summed E-state index contributed by atoms with van der Waals surface area (Å²) >= 11 is 0.103. The molecule has 0 atom stereocenters. The average Bonchev–Trinajstić information content (AvgIpc) is 3.07. The SMILES string of the molecule is CCOC(=O)c1cn(-c2nnc(C(F)(F)F)s2)c2cc(F)c(F)cc2c1=O. The number of alkyl halides is 3. The number of esters is 1. The Balaban J connectivity index is 2.34. The quantitative estimate of drug-likeness (QED) is 0.494. The van der Waals surface area contributed by atoms with E-state index in [1.807, 2.05) is 0 Å². The monoisotopic (exact) mass is 405 g/mol. The van der Waals surface area contributed by atoms with Gasteiger partial charge in [0, 0.05) is 12.3 Å². The Morgan fingerprint density at radius 2 is 1.89 bits per heavy atom. The van der Waals surface area contributed by atoms with Crippen molar-refractivity contribution in [3.63, 3.8) is 0 Å². The molecule has 3 rings (SSSR count). The minimum absolute atomic E-state index is 0.0783. The summed E-state index contributed by atoms with van der Waals surface area (Å²) in [5, 5.41) is 4.26. The van der Waals surface area contributed by atoms with E-state index < -0.39 is 50.3 Å². The van der Waals surface area contributed by atoms with Gasteiger partial charge in [-0.15, -0.1) is 10.2 Å². The first-order valence-corrected chi connectivity index (χ1v) is 8.07. The van der Waals surface area contributed by atoms with Gasteiger partial charge in [-0.25, -0.2) is 13.6 Å². The molecule has 0 amide bonds. The minimum atomic E-state index is -4.77. The second kappa shape index (κ2) is 6.68. The summed E-state index contributed by atoms with van der Waals surface area (Å²) in [6.45, 7) is 1.40. The molecule has 6 nitrogen and oxygen atoms in total. The Morgan fingerprint density at radius 3 is 2.48 bits per heavy atom. The van der Waals surface area contributed by atoms with E-state index in [1.165, 1.54) is 6.92 Å². The van der Waals surface area contributed by atoms with Crippen molar-refractivity contribution in [2.75, 3.05) is 6.61 Å². The first kappa shape index (κ1) is 18.9. The molecule has 0 unspecified atom stereocenters. The largest absolute Gasteiger partial charge is 0.462 e. The Hall–Kier alpha value is -2.89. The number of ether oxygens (including phenoxy) is 1. The molecule has 3 aromatic rings. The molecular formula is C15H8F5N3O3S. The van der Waals surface area contributed by atoms with Gasteiger partial charge in [-0.3, -0.25) is 9.36 Å². The van der Waals surface area contributed by atoms with Gasteiger partial charge in [0.05, 0.1) is 17.5 Å².